The van der Waals surface area contributed by atoms with E-state index in [0.29, 0.717) is 5.82 Å². The molecule has 9 heteroatoms. The molecule has 3 heterocycles. The predicted octanol–water partition coefficient (Wildman–Crippen LogP) is 2.55. The van der Waals surface area contributed by atoms with E-state index in [2.05, 4.69) is 26.7 Å². The minimum atomic E-state index is -0.589. The largest absolute Gasteiger partial charge is 0.304 e. The molecule has 0 radical (unpaired) electrons. The second kappa shape index (κ2) is 7.25. The molecule has 1 amide bonds. The second-order valence-electron chi connectivity index (χ2n) is 6.97. The Hall–Kier alpha value is -4.32. The quantitative estimate of drug-likeness (QED) is 0.545. The summed E-state index contributed by atoms with van der Waals surface area (Å²) in [6.45, 7) is 5.99. The van der Waals surface area contributed by atoms with Gasteiger partial charge < -0.3 is 5.32 Å². The van der Waals surface area contributed by atoms with Crippen LogP contribution >= 0.6 is 0 Å². The monoisotopic (exact) mass is 399 g/mol. The van der Waals surface area contributed by atoms with Crippen LogP contribution in [0.5, 0.6) is 0 Å². The van der Waals surface area contributed by atoms with Gasteiger partial charge in [-0.1, -0.05) is 11.6 Å². The number of pyridine rings is 1. The molecule has 0 aliphatic carbocycles. The number of aromatic amines is 1. The average Bonchev–Trinajstić information content (AvgIpc) is 3.11. The number of anilines is 1. The number of aromatic nitrogens is 5. The third kappa shape index (κ3) is 3.31. The van der Waals surface area contributed by atoms with Crippen molar-refractivity contribution in [2.24, 2.45) is 0 Å². The first-order chi connectivity index (χ1) is 14.4. The number of nitrogens with zero attached hydrogens (tertiary/aromatic N) is 5. The molecule has 0 spiro atoms. The summed E-state index contributed by atoms with van der Waals surface area (Å²) in [4.78, 5) is 28.5. The zero-order valence-corrected chi connectivity index (χ0v) is 16.5. The maximum Gasteiger partial charge on any atom is 0.277 e. The molecule has 30 heavy (non-hydrogen) atoms. The SMILES string of the molecule is Cc1cc(C)c2nc(-n3ncc(C#N)c3NC(=O)c3ccc(=O)[nH]n3)cc(C)c2c1. The third-order valence-corrected chi connectivity index (χ3v) is 4.69. The van der Waals surface area contributed by atoms with Gasteiger partial charge in [0.1, 0.15) is 17.3 Å². The smallest absolute Gasteiger partial charge is 0.277 e. The Morgan fingerprint density at radius 2 is 1.97 bits per heavy atom. The lowest BCUT2D eigenvalue weighted by Gasteiger charge is -2.12. The molecule has 0 atom stereocenters. The van der Waals surface area contributed by atoms with E-state index in [-0.39, 0.29) is 17.1 Å². The highest BCUT2D eigenvalue weighted by Crippen LogP contribution is 2.26. The van der Waals surface area contributed by atoms with E-state index in [4.69, 9.17) is 4.98 Å². The van der Waals surface area contributed by atoms with Crippen molar-refractivity contribution in [1.29, 1.82) is 5.26 Å². The van der Waals surface area contributed by atoms with Gasteiger partial charge in [0.05, 0.1) is 11.7 Å². The number of H-pyrrole nitrogens is 1. The first kappa shape index (κ1) is 19.0. The van der Waals surface area contributed by atoms with Crippen LogP contribution < -0.4 is 10.9 Å². The van der Waals surface area contributed by atoms with Gasteiger partial charge in [-0.25, -0.2) is 10.1 Å². The van der Waals surface area contributed by atoms with Gasteiger partial charge in [-0.3, -0.25) is 9.59 Å². The lowest BCUT2D eigenvalue weighted by Crippen LogP contribution is -2.20. The molecule has 0 saturated carbocycles. The first-order valence-electron chi connectivity index (χ1n) is 9.11. The van der Waals surface area contributed by atoms with Gasteiger partial charge in [0.25, 0.3) is 11.5 Å². The van der Waals surface area contributed by atoms with Crippen molar-refractivity contribution in [1.82, 2.24) is 25.0 Å². The third-order valence-electron chi connectivity index (χ3n) is 4.69. The molecule has 2 N–H and O–H groups in total. The van der Waals surface area contributed by atoms with Gasteiger partial charge in [0.2, 0.25) is 0 Å². The number of benzene rings is 1. The molecule has 0 bridgehead atoms. The fourth-order valence-electron chi connectivity index (χ4n) is 3.30. The van der Waals surface area contributed by atoms with Crippen molar-refractivity contribution in [3.8, 4) is 11.9 Å². The highest BCUT2D eigenvalue weighted by Gasteiger charge is 2.19. The van der Waals surface area contributed by atoms with Gasteiger partial charge in [0, 0.05) is 11.5 Å². The van der Waals surface area contributed by atoms with Crippen LogP contribution in [0.25, 0.3) is 16.7 Å². The predicted molar refractivity (Wildman–Crippen MR) is 111 cm³/mol. The number of hydrogen-bond acceptors (Lipinski definition) is 6. The fraction of sp³-hybridized carbons (Fsp3) is 0.143. The van der Waals surface area contributed by atoms with E-state index >= 15 is 0 Å². The number of fused-ring (bicyclic) bond motifs is 1. The Kier molecular flexibility index (Phi) is 4.60. The van der Waals surface area contributed by atoms with E-state index < -0.39 is 11.5 Å². The molecule has 4 rings (SSSR count). The van der Waals surface area contributed by atoms with Crippen molar-refractivity contribution >= 4 is 22.6 Å². The van der Waals surface area contributed by atoms with Crippen LogP contribution in [0.1, 0.15) is 32.7 Å². The Bertz CT molecular complexity index is 1390. The number of amides is 1. The van der Waals surface area contributed by atoms with Crippen LogP contribution in [0.3, 0.4) is 0 Å². The summed E-state index contributed by atoms with van der Waals surface area (Å²) in [5, 5.41) is 23.3. The molecule has 1 aromatic carbocycles. The molecular weight excluding hydrogens is 382 g/mol. The molecular formula is C21H17N7O2. The number of hydrogen-bond donors (Lipinski definition) is 2. The Morgan fingerprint density at radius 1 is 1.17 bits per heavy atom. The summed E-state index contributed by atoms with van der Waals surface area (Å²) >= 11 is 0. The Balaban J connectivity index is 1.82. The van der Waals surface area contributed by atoms with E-state index in [1.165, 1.54) is 23.0 Å². The molecule has 0 saturated heterocycles. The summed E-state index contributed by atoms with van der Waals surface area (Å²) in [7, 11) is 0. The maximum atomic E-state index is 12.6. The van der Waals surface area contributed by atoms with Gasteiger partial charge in [-0.05, 0) is 50.1 Å². The fourth-order valence-corrected chi connectivity index (χ4v) is 3.30. The molecule has 0 aliphatic rings. The lowest BCUT2D eigenvalue weighted by atomic mass is 10.0. The topological polar surface area (TPSA) is 129 Å². The van der Waals surface area contributed by atoms with Crippen LogP contribution in [0.4, 0.5) is 5.82 Å². The number of aryl methyl sites for hydroxylation is 3. The van der Waals surface area contributed by atoms with Crippen LogP contribution in [-0.4, -0.2) is 30.9 Å². The summed E-state index contributed by atoms with van der Waals surface area (Å²) < 4.78 is 1.41. The average molecular weight is 399 g/mol. The van der Waals surface area contributed by atoms with E-state index in [1.54, 1.807) is 0 Å². The summed E-state index contributed by atoms with van der Waals surface area (Å²) in [6.07, 6.45) is 1.36. The number of nitriles is 1. The molecule has 3 aromatic heterocycles. The Morgan fingerprint density at radius 3 is 2.67 bits per heavy atom. The van der Waals surface area contributed by atoms with Crippen molar-refractivity contribution in [3.05, 3.63) is 74.8 Å². The highest BCUT2D eigenvalue weighted by molar-refractivity contribution is 6.03. The summed E-state index contributed by atoms with van der Waals surface area (Å²) in [5.41, 5.74) is 3.74. The standard InChI is InChI=1S/C21H17N7O2/c1-11-6-13(3)19-15(7-11)12(2)8-17(24-19)28-20(14(9-22)10-23-28)25-21(30)16-4-5-18(29)27-26-16/h4-8,10H,1-3H3,(H,25,30)(H,27,29). The van der Waals surface area contributed by atoms with Crippen LogP contribution in [0, 0.1) is 32.1 Å². The second-order valence-corrected chi connectivity index (χ2v) is 6.97. The number of nitrogens with one attached hydrogen (secondary N) is 2. The zero-order chi connectivity index (χ0) is 21.4. The highest BCUT2D eigenvalue weighted by atomic mass is 16.2. The van der Waals surface area contributed by atoms with Gasteiger partial charge in [0.15, 0.2) is 11.6 Å². The lowest BCUT2D eigenvalue weighted by molar-refractivity contribution is 0.102. The maximum absolute atomic E-state index is 12.6. The zero-order valence-electron chi connectivity index (χ0n) is 16.5. The minimum Gasteiger partial charge on any atom is -0.304 e. The molecule has 148 valence electrons. The van der Waals surface area contributed by atoms with Crippen LogP contribution in [0.15, 0.2) is 41.3 Å². The first-order valence-corrected chi connectivity index (χ1v) is 9.11. The van der Waals surface area contributed by atoms with Gasteiger partial charge in [-0.15, -0.1) is 0 Å². The molecule has 0 unspecified atom stereocenters. The number of carbonyl (C=O) groups excluding carboxylic acids is 1. The van der Waals surface area contributed by atoms with Crippen molar-refractivity contribution in [2.45, 2.75) is 20.8 Å². The normalized spacial score (nSPS) is 10.7. The number of carbonyl (C=O) groups is 1. The summed E-state index contributed by atoms with van der Waals surface area (Å²) in [6, 6.07) is 10.5. The van der Waals surface area contributed by atoms with Crippen LogP contribution in [0.2, 0.25) is 0 Å². The van der Waals surface area contributed by atoms with Gasteiger partial charge >= 0.3 is 0 Å². The van der Waals surface area contributed by atoms with Crippen molar-refractivity contribution in [3.63, 3.8) is 0 Å². The van der Waals surface area contributed by atoms with E-state index in [0.717, 1.165) is 27.6 Å². The summed E-state index contributed by atoms with van der Waals surface area (Å²) in [5.74, 6) is 0.0542. The van der Waals surface area contributed by atoms with Crippen molar-refractivity contribution < 1.29 is 4.79 Å². The molecule has 9 nitrogen and oxygen atoms in total. The Labute approximate surface area is 171 Å². The minimum absolute atomic E-state index is 0.000195. The molecule has 0 fully saturated rings. The van der Waals surface area contributed by atoms with E-state index in [1.807, 2.05) is 39.0 Å². The molecule has 0 aliphatic heterocycles. The molecule has 4 aromatic rings. The van der Waals surface area contributed by atoms with Gasteiger partial charge in [-0.2, -0.15) is 20.1 Å². The van der Waals surface area contributed by atoms with Crippen LogP contribution in [-0.2, 0) is 0 Å². The van der Waals surface area contributed by atoms with Crippen molar-refractivity contribution in [2.75, 3.05) is 5.32 Å². The number of rotatable bonds is 3. The van der Waals surface area contributed by atoms with E-state index in [9.17, 15) is 14.9 Å².